The van der Waals surface area contributed by atoms with E-state index in [1.54, 1.807) is 23.1 Å². The zero-order valence-corrected chi connectivity index (χ0v) is 19.0. The number of carbonyl (C=O) groups excluding carboxylic acids is 1. The van der Waals surface area contributed by atoms with Gasteiger partial charge in [-0.3, -0.25) is 4.79 Å². The number of benzene rings is 3. The molecule has 0 bridgehead atoms. The smallest absolute Gasteiger partial charge is 0.261 e. The van der Waals surface area contributed by atoms with E-state index in [1.165, 1.54) is 0 Å². The predicted molar refractivity (Wildman–Crippen MR) is 124 cm³/mol. The summed E-state index contributed by atoms with van der Waals surface area (Å²) in [6.07, 6.45) is 0.417. The molecule has 31 heavy (non-hydrogen) atoms. The number of ether oxygens (including phenoxy) is 1. The normalized spacial score (nSPS) is 17.5. The van der Waals surface area contributed by atoms with Gasteiger partial charge < -0.3 is 9.64 Å². The topological polar surface area (TPSA) is 63.7 Å². The molecule has 0 spiro atoms. The molecule has 1 atom stereocenters. The molecule has 1 amide bonds. The van der Waals surface area contributed by atoms with Crippen LogP contribution in [0.1, 0.15) is 12.0 Å². The van der Waals surface area contributed by atoms with E-state index in [2.05, 4.69) is 0 Å². The zero-order chi connectivity index (χ0) is 22.0. The number of amides is 1. The molecule has 4 rings (SSSR count). The molecular formula is C23H21Cl2NO4S. The van der Waals surface area contributed by atoms with Gasteiger partial charge in [-0.15, -0.1) is 0 Å². The summed E-state index contributed by atoms with van der Waals surface area (Å²) in [5.74, 6) is 0.108. The summed E-state index contributed by atoms with van der Waals surface area (Å²) in [7, 11) is -3.16. The molecule has 1 heterocycles. The molecule has 0 aliphatic carbocycles. The molecule has 1 aliphatic rings. The van der Waals surface area contributed by atoms with Crippen LogP contribution in [0.5, 0.6) is 5.75 Å². The monoisotopic (exact) mass is 477 g/mol. The molecule has 8 heteroatoms. The van der Waals surface area contributed by atoms with Gasteiger partial charge in [0.2, 0.25) is 0 Å². The van der Waals surface area contributed by atoms with Gasteiger partial charge in [0.25, 0.3) is 5.91 Å². The van der Waals surface area contributed by atoms with Crippen LogP contribution >= 0.6 is 23.2 Å². The lowest BCUT2D eigenvalue weighted by molar-refractivity contribution is -0.135. The van der Waals surface area contributed by atoms with Gasteiger partial charge in [0, 0.05) is 17.6 Å². The molecule has 0 radical (unpaired) electrons. The van der Waals surface area contributed by atoms with Crippen molar-refractivity contribution in [2.24, 2.45) is 0 Å². The molecule has 162 valence electrons. The van der Waals surface area contributed by atoms with Crippen LogP contribution in [0.15, 0.2) is 60.7 Å². The number of hydrogen-bond acceptors (Lipinski definition) is 4. The van der Waals surface area contributed by atoms with E-state index in [0.29, 0.717) is 28.8 Å². The van der Waals surface area contributed by atoms with Gasteiger partial charge in [0.1, 0.15) is 5.75 Å². The van der Waals surface area contributed by atoms with Crippen molar-refractivity contribution in [3.05, 3.63) is 76.3 Å². The standard InChI is InChI=1S/C23H21Cl2NO4S/c24-18-8-9-22(21(25)12-18)30-14-23(27)26(19-10-11-31(28,29)15-19)13-17-6-3-5-16-4-1-2-7-20(16)17/h1-9,12,19H,10-11,13-15H2. The third kappa shape index (κ3) is 5.14. The summed E-state index contributed by atoms with van der Waals surface area (Å²) in [5, 5.41) is 2.88. The van der Waals surface area contributed by atoms with Crippen molar-refractivity contribution in [1.82, 2.24) is 4.90 Å². The van der Waals surface area contributed by atoms with Crippen molar-refractivity contribution in [3.63, 3.8) is 0 Å². The van der Waals surface area contributed by atoms with Crippen molar-refractivity contribution in [1.29, 1.82) is 0 Å². The number of carbonyl (C=O) groups is 1. The van der Waals surface area contributed by atoms with Crippen molar-refractivity contribution >= 4 is 49.7 Å². The maximum atomic E-state index is 13.2. The lowest BCUT2D eigenvalue weighted by atomic mass is 10.0. The van der Waals surface area contributed by atoms with Crippen molar-refractivity contribution in [2.75, 3.05) is 18.1 Å². The Hall–Kier alpha value is -2.28. The highest BCUT2D eigenvalue weighted by Gasteiger charge is 2.35. The van der Waals surface area contributed by atoms with Gasteiger partial charge in [-0.1, -0.05) is 65.7 Å². The lowest BCUT2D eigenvalue weighted by Gasteiger charge is -2.29. The van der Waals surface area contributed by atoms with Crippen LogP contribution in [0, 0.1) is 0 Å². The van der Waals surface area contributed by atoms with Gasteiger partial charge >= 0.3 is 0 Å². The fraction of sp³-hybridized carbons (Fsp3) is 0.261. The fourth-order valence-electron chi connectivity index (χ4n) is 3.87. The van der Waals surface area contributed by atoms with Crippen LogP contribution in [-0.4, -0.2) is 43.4 Å². The largest absolute Gasteiger partial charge is 0.482 e. The number of fused-ring (bicyclic) bond motifs is 1. The van der Waals surface area contributed by atoms with Gasteiger partial charge in [-0.2, -0.15) is 0 Å². The Kier molecular flexibility index (Phi) is 6.42. The molecule has 1 unspecified atom stereocenters. The molecule has 0 N–H and O–H groups in total. The Morgan fingerprint density at radius 1 is 1.06 bits per heavy atom. The van der Waals surface area contributed by atoms with Crippen LogP contribution < -0.4 is 4.74 Å². The minimum absolute atomic E-state index is 0.0365. The number of nitrogens with zero attached hydrogens (tertiary/aromatic N) is 1. The average Bonchev–Trinajstić information content (AvgIpc) is 3.10. The Labute approximate surface area is 191 Å². The molecule has 1 aliphatic heterocycles. The fourth-order valence-corrected chi connectivity index (χ4v) is 6.06. The van der Waals surface area contributed by atoms with E-state index >= 15 is 0 Å². The molecule has 1 fully saturated rings. The molecular weight excluding hydrogens is 457 g/mol. The number of rotatable bonds is 6. The second-order valence-electron chi connectivity index (χ2n) is 7.58. The Morgan fingerprint density at radius 2 is 1.84 bits per heavy atom. The maximum absolute atomic E-state index is 13.2. The summed E-state index contributed by atoms with van der Waals surface area (Å²) in [6.45, 7) is 0.0563. The van der Waals surface area contributed by atoms with Crippen LogP contribution in [-0.2, 0) is 21.2 Å². The Bertz CT molecular complexity index is 1220. The van der Waals surface area contributed by atoms with Crippen LogP contribution in [0.4, 0.5) is 0 Å². The first-order chi connectivity index (χ1) is 14.8. The number of halogens is 2. The van der Waals surface area contributed by atoms with E-state index in [1.807, 2.05) is 42.5 Å². The first-order valence-electron chi connectivity index (χ1n) is 9.87. The molecule has 1 saturated heterocycles. The van der Waals surface area contributed by atoms with E-state index in [4.69, 9.17) is 27.9 Å². The Morgan fingerprint density at radius 3 is 2.58 bits per heavy atom. The summed E-state index contributed by atoms with van der Waals surface area (Å²) >= 11 is 12.0. The van der Waals surface area contributed by atoms with Crippen LogP contribution in [0.25, 0.3) is 10.8 Å². The number of sulfone groups is 1. The molecule has 3 aromatic carbocycles. The zero-order valence-electron chi connectivity index (χ0n) is 16.6. The lowest BCUT2D eigenvalue weighted by Crippen LogP contribution is -2.43. The van der Waals surface area contributed by atoms with Gasteiger partial charge in [-0.05, 0) is 41.0 Å². The molecule has 5 nitrogen and oxygen atoms in total. The van der Waals surface area contributed by atoms with E-state index in [0.717, 1.165) is 16.3 Å². The van der Waals surface area contributed by atoms with Gasteiger partial charge in [0.15, 0.2) is 16.4 Å². The van der Waals surface area contributed by atoms with E-state index < -0.39 is 9.84 Å². The highest BCUT2D eigenvalue weighted by molar-refractivity contribution is 7.91. The molecule has 0 saturated carbocycles. The maximum Gasteiger partial charge on any atom is 0.261 e. The van der Waals surface area contributed by atoms with E-state index in [9.17, 15) is 13.2 Å². The second kappa shape index (κ2) is 9.07. The summed E-state index contributed by atoms with van der Waals surface area (Å²) in [4.78, 5) is 14.8. The van der Waals surface area contributed by atoms with Gasteiger partial charge in [-0.25, -0.2) is 8.42 Å². The summed E-state index contributed by atoms with van der Waals surface area (Å²) in [5.41, 5.74) is 0.959. The predicted octanol–water partition coefficient (Wildman–Crippen LogP) is 4.74. The van der Waals surface area contributed by atoms with E-state index in [-0.39, 0.29) is 30.1 Å². The summed E-state index contributed by atoms with van der Waals surface area (Å²) < 4.78 is 29.8. The third-order valence-corrected chi connectivity index (χ3v) is 7.72. The quantitative estimate of drug-likeness (QED) is 0.514. The van der Waals surface area contributed by atoms with Gasteiger partial charge in [0.05, 0.1) is 16.5 Å². The average molecular weight is 478 g/mol. The SMILES string of the molecule is O=C(COc1ccc(Cl)cc1Cl)N(Cc1cccc2ccccc12)C1CCS(=O)(=O)C1. The summed E-state index contributed by atoms with van der Waals surface area (Å²) in [6, 6.07) is 18.2. The molecule has 0 aromatic heterocycles. The van der Waals surface area contributed by atoms with Crippen molar-refractivity contribution in [3.8, 4) is 5.75 Å². The number of hydrogen-bond donors (Lipinski definition) is 0. The van der Waals surface area contributed by atoms with Crippen LogP contribution in [0.2, 0.25) is 10.0 Å². The third-order valence-electron chi connectivity index (χ3n) is 5.44. The molecule has 3 aromatic rings. The minimum atomic E-state index is -3.16. The first kappa shape index (κ1) is 21.9. The van der Waals surface area contributed by atoms with Crippen molar-refractivity contribution < 1.29 is 17.9 Å². The minimum Gasteiger partial charge on any atom is -0.482 e. The highest BCUT2D eigenvalue weighted by Crippen LogP contribution is 2.28. The van der Waals surface area contributed by atoms with Crippen LogP contribution in [0.3, 0.4) is 0 Å². The Balaban J connectivity index is 1.58. The highest BCUT2D eigenvalue weighted by atomic mass is 35.5. The second-order valence-corrected chi connectivity index (χ2v) is 10.7. The first-order valence-corrected chi connectivity index (χ1v) is 12.4. The van der Waals surface area contributed by atoms with Crippen molar-refractivity contribution in [2.45, 2.75) is 19.0 Å².